The molecule has 1 aliphatic rings. The van der Waals surface area contributed by atoms with Crippen molar-refractivity contribution in [1.29, 1.82) is 0 Å². The topological polar surface area (TPSA) is 59.5 Å². The first-order valence-corrected chi connectivity index (χ1v) is 8.31. The molecule has 106 valence electrons. The zero-order valence-corrected chi connectivity index (χ0v) is 12.1. The number of pyridine rings is 1. The van der Waals surface area contributed by atoms with E-state index in [1.165, 1.54) is 4.31 Å². The number of alkyl halides is 1. The molecular weight excluding hydrogens is 288 g/mol. The molecule has 1 atom stereocenters. The molecule has 0 amide bonds. The van der Waals surface area contributed by atoms with Crippen molar-refractivity contribution in [1.82, 2.24) is 9.29 Å². The summed E-state index contributed by atoms with van der Waals surface area (Å²) in [5.41, 5.74) is 0.785. The molecule has 1 fully saturated rings. The fourth-order valence-electron chi connectivity index (χ4n) is 1.95. The van der Waals surface area contributed by atoms with E-state index in [1.807, 2.05) is 18.2 Å². The van der Waals surface area contributed by atoms with Gasteiger partial charge in [-0.3, -0.25) is 4.98 Å². The fourth-order valence-corrected chi connectivity index (χ4v) is 3.61. The van der Waals surface area contributed by atoms with Gasteiger partial charge in [0.05, 0.1) is 18.5 Å². The quantitative estimate of drug-likeness (QED) is 0.758. The number of halogens is 1. The van der Waals surface area contributed by atoms with E-state index < -0.39 is 10.0 Å². The minimum Gasteiger partial charge on any atom is -0.374 e. The van der Waals surface area contributed by atoms with Gasteiger partial charge in [0.15, 0.2) is 0 Å². The highest BCUT2D eigenvalue weighted by Gasteiger charge is 2.28. The maximum Gasteiger partial charge on any atom is 0.214 e. The number of morpholine rings is 1. The van der Waals surface area contributed by atoms with Gasteiger partial charge in [-0.15, -0.1) is 11.6 Å². The predicted molar refractivity (Wildman–Crippen MR) is 73.8 cm³/mol. The molecule has 1 aromatic rings. The molecule has 0 saturated carbocycles. The Bertz CT molecular complexity index is 495. The highest BCUT2D eigenvalue weighted by atomic mass is 35.5. The number of hydrogen-bond donors (Lipinski definition) is 0. The first kappa shape index (κ1) is 14.7. The van der Waals surface area contributed by atoms with Crippen LogP contribution in [0.4, 0.5) is 0 Å². The molecule has 19 heavy (non-hydrogen) atoms. The zero-order valence-electron chi connectivity index (χ0n) is 10.5. The number of aryl methyl sites for hydroxylation is 1. The van der Waals surface area contributed by atoms with Gasteiger partial charge in [-0.2, -0.15) is 4.31 Å². The normalized spacial score (nSPS) is 21.4. The molecule has 2 rings (SSSR count). The molecule has 1 saturated heterocycles. The monoisotopic (exact) mass is 304 g/mol. The molecule has 0 bridgehead atoms. The molecule has 7 heteroatoms. The van der Waals surface area contributed by atoms with E-state index in [0.717, 1.165) is 5.69 Å². The average molecular weight is 305 g/mol. The van der Waals surface area contributed by atoms with Crippen LogP contribution in [0, 0.1) is 0 Å². The third-order valence-electron chi connectivity index (χ3n) is 3.01. The van der Waals surface area contributed by atoms with Gasteiger partial charge in [-0.25, -0.2) is 8.42 Å². The second-order valence-electron chi connectivity index (χ2n) is 4.39. The standard InChI is InChI=1S/C12H17ClN2O3S/c13-9-12-10-15(6-7-18-12)19(16,17)8-4-11-3-1-2-5-14-11/h1-3,5,12H,4,6-10H2. The lowest BCUT2D eigenvalue weighted by molar-refractivity contribution is 0.0122. The minimum absolute atomic E-state index is 0.0685. The summed E-state index contributed by atoms with van der Waals surface area (Å²) in [7, 11) is -3.27. The molecule has 0 N–H and O–H groups in total. The van der Waals surface area contributed by atoms with Crippen molar-refractivity contribution >= 4 is 21.6 Å². The number of sulfonamides is 1. The largest absolute Gasteiger partial charge is 0.374 e. The summed E-state index contributed by atoms with van der Waals surface area (Å²) >= 11 is 5.71. The Hall–Kier alpha value is -0.690. The van der Waals surface area contributed by atoms with Crippen LogP contribution in [0.5, 0.6) is 0 Å². The average Bonchev–Trinajstić information content (AvgIpc) is 2.46. The SMILES string of the molecule is O=S(=O)(CCc1ccccn1)N1CCOC(CCl)C1. The fraction of sp³-hybridized carbons (Fsp3) is 0.583. The maximum atomic E-state index is 12.2. The van der Waals surface area contributed by atoms with Crippen molar-refractivity contribution in [2.45, 2.75) is 12.5 Å². The smallest absolute Gasteiger partial charge is 0.214 e. The number of nitrogens with zero attached hydrogens (tertiary/aromatic N) is 2. The van der Waals surface area contributed by atoms with Gasteiger partial charge in [0.2, 0.25) is 10.0 Å². The minimum atomic E-state index is -3.27. The van der Waals surface area contributed by atoms with Crippen molar-refractivity contribution in [3.63, 3.8) is 0 Å². The van der Waals surface area contributed by atoms with E-state index >= 15 is 0 Å². The van der Waals surface area contributed by atoms with Crippen LogP contribution in [0.3, 0.4) is 0 Å². The van der Waals surface area contributed by atoms with E-state index in [2.05, 4.69) is 4.98 Å². The summed E-state index contributed by atoms with van der Waals surface area (Å²) in [5, 5.41) is 0. The lowest BCUT2D eigenvalue weighted by Gasteiger charge is -2.31. The summed E-state index contributed by atoms with van der Waals surface area (Å²) in [5.74, 6) is 0.380. The molecule has 0 radical (unpaired) electrons. The molecule has 0 aromatic carbocycles. The molecule has 0 aliphatic carbocycles. The molecular formula is C12H17ClN2O3S. The van der Waals surface area contributed by atoms with Crippen LogP contribution in [0.15, 0.2) is 24.4 Å². The Balaban J connectivity index is 1.94. The summed E-state index contributed by atoms with van der Waals surface area (Å²) in [6.45, 7) is 1.15. The van der Waals surface area contributed by atoms with Crippen LogP contribution >= 0.6 is 11.6 Å². The Labute approximate surface area is 118 Å². The number of aromatic nitrogens is 1. The summed E-state index contributed by atoms with van der Waals surface area (Å²) < 4.78 is 31.3. The van der Waals surface area contributed by atoms with E-state index in [4.69, 9.17) is 16.3 Å². The lowest BCUT2D eigenvalue weighted by Crippen LogP contribution is -2.47. The van der Waals surface area contributed by atoms with Crippen LogP contribution in [0.2, 0.25) is 0 Å². The summed E-state index contributed by atoms with van der Waals surface area (Å²) in [4.78, 5) is 4.13. The Morgan fingerprint density at radius 1 is 1.47 bits per heavy atom. The second-order valence-corrected chi connectivity index (χ2v) is 6.79. The van der Waals surface area contributed by atoms with Gasteiger partial charge in [0.1, 0.15) is 0 Å². The van der Waals surface area contributed by atoms with Crippen molar-refractivity contribution in [2.75, 3.05) is 31.3 Å². The van der Waals surface area contributed by atoms with Gasteiger partial charge < -0.3 is 4.74 Å². The number of ether oxygens (including phenoxy) is 1. The molecule has 1 aliphatic heterocycles. The van der Waals surface area contributed by atoms with Gasteiger partial charge in [0, 0.05) is 37.3 Å². The van der Waals surface area contributed by atoms with Crippen LogP contribution in [-0.2, 0) is 21.2 Å². The van der Waals surface area contributed by atoms with Crippen LogP contribution in [0.1, 0.15) is 5.69 Å². The van der Waals surface area contributed by atoms with Crippen molar-refractivity contribution in [3.05, 3.63) is 30.1 Å². The highest BCUT2D eigenvalue weighted by molar-refractivity contribution is 7.89. The van der Waals surface area contributed by atoms with Crippen molar-refractivity contribution in [2.24, 2.45) is 0 Å². The van der Waals surface area contributed by atoms with Crippen LogP contribution in [-0.4, -0.2) is 55.1 Å². The summed E-state index contributed by atoms with van der Waals surface area (Å²) in [6.07, 6.45) is 1.88. The number of hydrogen-bond acceptors (Lipinski definition) is 4. The zero-order chi connectivity index (χ0) is 13.7. The first-order chi connectivity index (χ1) is 9.12. The second kappa shape index (κ2) is 6.65. The van der Waals surface area contributed by atoms with Gasteiger partial charge >= 0.3 is 0 Å². The predicted octanol–water partition coefficient (Wildman–Crippen LogP) is 0.893. The van der Waals surface area contributed by atoms with Gasteiger partial charge in [0.25, 0.3) is 0 Å². The maximum absolute atomic E-state index is 12.2. The Kier molecular flexibility index (Phi) is 5.15. The van der Waals surface area contributed by atoms with E-state index in [1.54, 1.807) is 6.20 Å². The molecule has 0 spiro atoms. The van der Waals surface area contributed by atoms with E-state index in [-0.39, 0.29) is 11.9 Å². The van der Waals surface area contributed by atoms with E-state index in [0.29, 0.717) is 32.0 Å². The van der Waals surface area contributed by atoms with Crippen molar-refractivity contribution in [3.8, 4) is 0 Å². The molecule has 1 aromatic heterocycles. The summed E-state index contributed by atoms with van der Waals surface area (Å²) in [6, 6.07) is 5.49. The van der Waals surface area contributed by atoms with Gasteiger partial charge in [-0.1, -0.05) is 6.07 Å². The Morgan fingerprint density at radius 3 is 3.00 bits per heavy atom. The lowest BCUT2D eigenvalue weighted by atomic mass is 10.3. The third kappa shape index (κ3) is 4.14. The molecule has 1 unspecified atom stereocenters. The Morgan fingerprint density at radius 2 is 2.32 bits per heavy atom. The van der Waals surface area contributed by atoms with Crippen molar-refractivity contribution < 1.29 is 13.2 Å². The van der Waals surface area contributed by atoms with Crippen LogP contribution < -0.4 is 0 Å². The number of rotatable bonds is 5. The van der Waals surface area contributed by atoms with Gasteiger partial charge in [-0.05, 0) is 12.1 Å². The molecule has 5 nitrogen and oxygen atoms in total. The van der Waals surface area contributed by atoms with Crippen LogP contribution in [0.25, 0.3) is 0 Å². The van der Waals surface area contributed by atoms with E-state index in [9.17, 15) is 8.42 Å². The molecule has 2 heterocycles. The first-order valence-electron chi connectivity index (χ1n) is 6.17. The highest BCUT2D eigenvalue weighted by Crippen LogP contribution is 2.12. The third-order valence-corrected chi connectivity index (χ3v) is 5.19.